The topological polar surface area (TPSA) is 24.1 Å². The fraction of sp³-hybridized carbons (Fsp3) is 0.739. The van der Waals surface area contributed by atoms with Crippen molar-refractivity contribution < 1.29 is 0 Å². The summed E-state index contributed by atoms with van der Waals surface area (Å²) in [5.41, 5.74) is 3.10. The van der Waals surface area contributed by atoms with E-state index >= 15 is 0 Å². The van der Waals surface area contributed by atoms with Gasteiger partial charge >= 0.3 is 0 Å². The quantitative estimate of drug-likeness (QED) is 0.658. The SMILES string of the molecule is CC12CC3CC(C)(C1)CC(NCCCCNCc1ccccc1)(C3)C2. The van der Waals surface area contributed by atoms with E-state index in [2.05, 4.69) is 54.8 Å². The third-order valence-corrected chi connectivity index (χ3v) is 7.08. The Labute approximate surface area is 154 Å². The van der Waals surface area contributed by atoms with Crippen LogP contribution in [-0.2, 0) is 6.54 Å². The van der Waals surface area contributed by atoms with Crippen molar-refractivity contribution in [2.24, 2.45) is 16.7 Å². The number of rotatable bonds is 8. The number of unbranched alkanes of at least 4 members (excludes halogenated alkanes) is 1. The van der Waals surface area contributed by atoms with Crippen LogP contribution in [0.15, 0.2) is 30.3 Å². The van der Waals surface area contributed by atoms with Gasteiger partial charge in [0.15, 0.2) is 0 Å². The predicted octanol–water partition coefficient (Wildman–Crippen LogP) is 4.90. The highest BCUT2D eigenvalue weighted by atomic mass is 15.0. The van der Waals surface area contributed by atoms with Gasteiger partial charge in [-0.15, -0.1) is 0 Å². The Bertz CT molecular complexity index is 563. The van der Waals surface area contributed by atoms with E-state index in [4.69, 9.17) is 0 Å². The van der Waals surface area contributed by atoms with Crippen LogP contribution >= 0.6 is 0 Å². The lowest BCUT2D eigenvalue weighted by Crippen LogP contribution is -2.64. The van der Waals surface area contributed by atoms with E-state index in [1.54, 1.807) is 0 Å². The van der Waals surface area contributed by atoms with Gasteiger partial charge in [0.05, 0.1) is 0 Å². The van der Waals surface area contributed by atoms with Crippen molar-refractivity contribution in [2.75, 3.05) is 13.1 Å². The molecule has 4 bridgehead atoms. The van der Waals surface area contributed by atoms with Gasteiger partial charge in [-0.3, -0.25) is 0 Å². The first kappa shape index (κ1) is 17.5. The second kappa shape index (κ2) is 6.70. The standard InChI is InChI=1S/C23H36N2/c1-21-12-20-13-22(2,16-21)18-23(14-20,17-21)25-11-7-6-10-24-15-19-8-4-3-5-9-19/h3-5,8-9,20,24-25H,6-7,10-18H2,1-2H3. The van der Waals surface area contributed by atoms with Crippen molar-refractivity contribution in [2.45, 2.75) is 77.3 Å². The maximum Gasteiger partial charge on any atom is 0.0205 e. The summed E-state index contributed by atoms with van der Waals surface area (Å²) in [5, 5.41) is 7.64. The van der Waals surface area contributed by atoms with Crippen LogP contribution in [0, 0.1) is 16.7 Å². The Kier molecular flexibility index (Phi) is 4.70. The smallest absolute Gasteiger partial charge is 0.0205 e. The monoisotopic (exact) mass is 340 g/mol. The minimum atomic E-state index is 0.473. The largest absolute Gasteiger partial charge is 0.313 e. The summed E-state index contributed by atoms with van der Waals surface area (Å²) in [7, 11) is 0. The number of benzene rings is 1. The predicted molar refractivity (Wildman–Crippen MR) is 106 cm³/mol. The van der Waals surface area contributed by atoms with Gasteiger partial charge in [-0.1, -0.05) is 44.2 Å². The summed E-state index contributed by atoms with van der Waals surface area (Å²) < 4.78 is 0. The molecule has 0 saturated heterocycles. The Morgan fingerprint density at radius 2 is 1.56 bits per heavy atom. The average molecular weight is 341 g/mol. The van der Waals surface area contributed by atoms with E-state index in [-0.39, 0.29) is 0 Å². The molecule has 0 aliphatic heterocycles. The molecule has 25 heavy (non-hydrogen) atoms. The Morgan fingerprint density at radius 1 is 0.880 bits per heavy atom. The molecular formula is C23H36N2. The van der Waals surface area contributed by atoms with Crippen LogP contribution in [0.25, 0.3) is 0 Å². The zero-order valence-corrected chi connectivity index (χ0v) is 16.2. The maximum absolute atomic E-state index is 4.06. The van der Waals surface area contributed by atoms with E-state index in [1.165, 1.54) is 63.5 Å². The van der Waals surface area contributed by atoms with Gasteiger partial charge in [-0.25, -0.2) is 0 Å². The lowest BCUT2D eigenvalue weighted by Gasteiger charge is -2.65. The van der Waals surface area contributed by atoms with Crippen molar-refractivity contribution in [3.8, 4) is 0 Å². The molecule has 2 atom stereocenters. The summed E-state index contributed by atoms with van der Waals surface area (Å²) in [6.07, 6.45) is 11.3. The minimum Gasteiger partial charge on any atom is -0.313 e. The lowest BCUT2D eigenvalue weighted by molar-refractivity contribution is -0.117. The zero-order valence-electron chi connectivity index (χ0n) is 16.2. The normalized spacial score (nSPS) is 39.0. The van der Waals surface area contributed by atoms with Gasteiger partial charge in [0.1, 0.15) is 0 Å². The van der Waals surface area contributed by atoms with Crippen LogP contribution in [0.5, 0.6) is 0 Å². The van der Waals surface area contributed by atoms with E-state index in [0.717, 1.165) is 19.0 Å². The Hall–Kier alpha value is -0.860. The van der Waals surface area contributed by atoms with Gasteiger partial charge in [0, 0.05) is 12.1 Å². The van der Waals surface area contributed by atoms with Crippen LogP contribution in [0.4, 0.5) is 0 Å². The first-order valence-corrected chi connectivity index (χ1v) is 10.5. The fourth-order valence-electron chi connectivity index (χ4n) is 7.20. The lowest BCUT2D eigenvalue weighted by atomic mass is 9.43. The molecule has 5 rings (SSSR count). The molecule has 0 amide bonds. The van der Waals surface area contributed by atoms with Gasteiger partial charge in [0.25, 0.3) is 0 Å². The second-order valence-corrected chi connectivity index (χ2v) is 10.2. The molecule has 138 valence electrons. The van der Waals surface area contributed by atoms with Crippen LogP contribution < -0.4 is 10.6 Å². The molecular weight excluding hydrogens is 304 g/mol. The second-order valence-electron chi connectivity index (χ2n) is 10.2. The number of hydrogen-bond acceptors (Lipinski definition) is 2. The molecule has 0 heterocycles. The van der Waals surface area contributed by atoms with E-state index in [0.29, 0.717) is 16.4 Å². The Morgan fingerprint density at radius 3 is 2.24 bits per heavy atom. The highest BCUT2D eigenvalue weighted by molar-refractivity contribution is 5.15. The van der Waals surface area contributed by atoms with Crippen LogP contribution in [-0.4, -0.2) is 18.6 Å². The number of hydrogen-bond donors (Lipinski definition) is 2. The third-order valence-electron chi connectivity index (χ3n) is 7.08. The molecule has 4 aliphatic rings. The first-order valence-electron chi connectivity index (χ1n) is 10.5. The molecule has 0 spiro atoms. The molecule has 4 aliphatic carbocycles. The van der Waals surface area contributed by atoms with Gasteiger partial charge < -0.3 is 10.6 Å². The van der Waals surface area contributed by atoms with Crippen molar-refractivity contribution >= 4 is 0 Å². The van der Waals surface area contributed by atoms with Crippen molar-refractivity contribution in [3.05, 3.63) is 35.9 Å². The summed E-state index contributed by atoms with van der Waals surface area (Å²) in [4.78, 5) is 0. The minimum absolute atomic E-state index is 0.473. The molecule has 2 unspecified atom stereocenters. The fourth-order valence-corrected chi connectivity index (χ4v) is 7.20. The molecule has 1 aromatic carbocycles. The van der Waals surface area contributed by atoms with Gasteiger partial charge in [-0.05, 0) is 86.8 Å². The Balaban J connectivity index is 1.18. The van der Waals surface area contributed by atoms with E-state index in [1.807, 2.05) is 0 Å². The summed E-state index contributed by atoms with van der Waals surface area (Å²) >= 11 is 0. The van der Waals surface area contributed by atoms with Crippen LogP contribution in [0.2, 0.25) is 0 Å². The van der Waals surface area contributed by atoms with Crippen LogP contribution in [0.3, 0.4) is 0 Å². The highest BCUT2D eigenvalue weighted by Crippen LogP contribution is 2.66. The highest BCUT2D eigenvalue weighted by Gasteiger charge is 2.59. The molecule has 0 radical (unpaired) electrons. The third kappa shape index (κ3) is 3.95. The first-order chi connectivity index (χ1) is 12.0. The molecule has 4 fully saturated rings. The maximum atomic E-state index is 4.06. The van der Waals surface area contributed by atoms with E-state index in [9.17, 15) is 0 Å². The average Bonchev–Trinajstić information content (AvgIpc) is 2.51. The molecule has 1 aromatic rings. The van der Waals surface area contributed by atoms with Crippen molar-refractivity contribution in [1.82, 2.24) is 10.6 Å². The molecule has 4 saturated carbocycles. The number of nitrogens with one attached hydrogen (secondary N) is 2. The zero-order chi connectivity index (χ0) is 17.4. The molecule has 2 heteroatoms. The summed E-state index contributed by atoms with van der Waals surface area (Å²) in [6.45, 7) is 8.46. The van der Waals surface area contributed by atoms with Gasteiger partial charge in [0.2, 0.25) is 0 Å². The molecule has 2 nitrogen and oxygen atoms in total. The van der Waals surface area contributed by atoms with Crippen molar-refractivity contribution in [3.63, 3.8) is 0 Å². The van der Waals surface area contributed by atoms with Gasteiger partial charge in [-0.2, -0.15) is 0 Å². The van der Waals surface area contributed by atoms with E-state index < -0.39 is 0 Å². The molecule has 2 N–H and O–H groups in total. The van der Waals surface area contributed by atoms with Crippen molar-refractivity contribution in [1.29, 1.82) is 0 Å². The van der Waals surface area contributed by atoms with Crippen LogP contribution in [0.1, 0.15) is 70.8 Å². The summed E-state index contributed by atoms with van der Waals surface area (Å²) in [5.74, 6) is 0.992. The molecule has 0 aromatic heterocycles. The summed E-state index contributed by atoms with van der Waals surface area (Å²) in [6, 6.07) is 10.7.